The highest BCUT2D eigenvalue weighted by atomic mass is 15.2. The van der Waals surface area contributed by atoms with Crippen LogP contribution in [0.4, 0.5) is 0 Å². The molecular weight excluding hydrogens is 188 g/mol. The Balaban J connectivity index is 2.67. The van der Waals surface area contributed by atoms with Crippen LogP contribution in [-0.2, 0) is 12.0 Å². The smallest absolute Gasteiger partial charge is 0.160 e. The first-order valence-electron chi connectivity index (χ1n) is 5.06. The summed E-state index contributed by atoms with van der Waals surface area (Å²) >= 11 is 0. The van der Waals surface area contributed by atoms with Gasteiger partial charge in [0.15, 0.2) is 5.65 Å². The summed E-state index contributed by atoms with van der Waals surface area (Å²) in [6, 6.07) is 3.93. The molecule has 0 unspecified atom stereocenters. The molecule has 15 heavy (non-hydrogen) atoms. The zero-order valence-electron chi connectivity index (χ0n) is 9.36. The van der Waals surface area contributed by atoms with Crippen LogP contribution in [0.25, 0.3) is 5.65 Å². The molecule has 0 fully saturated rings. The number of nitrogens with two attached hydrogens (primary N) is 1. The molecule has 0 aliphatic rings. The molecule has 4 nitrogen and oxygen atoms in total. The fourth-order valence-corrected chi connectivity index (χ4v) is 1.57. The fourth-order valence-electron chi connectivity index (χ4n) is 1.57. The Morgan fingerprint density at radius 1 is 1.27 bits per heavy atom. The van der Waals surface area contributed by atoms with Gasteiger partial charge in [-0.1, -0.05) is 26.8 Å². The van der Waals surface area contributed by atoms with Crippen LogP contribution in [0.3, 0.4) is 0 Å². The summed E-state index contributed by atoms with van der Waals surface area (Å²) in [6.07, 6.45) is 2.01. The normalized spacial score (nSPS) is 12.3. The predicted molar refractivity (Wildman–Crippen MR) is 59.6 cm³/mol. The number of rotatable bonds is 1. The van der Waals surface area contributed by atoms with E-state index in [9.17, 15) is 0 Å². The van der Waals surface area contributed by atoms with Gasteiger partial charge in [0.25, 0.3) is 0 Å². The Morgan fingerprint density at radius 3 is 2.60 bits per heavy atom. The van der Waals surface area contributed by atoms with Crippen molar-refractivity contribution in [2.45, 2.75) is 32.7 Å². The highest BCUT2D eigenvalue weighted by Crippen LogP contribution is 2.20. The van der Waals surface area contributed by atoms with E-state index in [-0.39, 0.29) is 5.41 Å². The highest BCUT2D eigenvalue weighted by Gasteiger charge is 2.20. The minimum atomic E-state index is -0.00730. The Kier molecular flexibility index (Phi) is 2.23. The molecule has 0 bridgehead atoms. The maximum Gasteiger partial charge on any atom is 0.160 e. The molecule has 0 saturated heterocycles. The Morgan fingerprint density at radius 2 is 2.00 bits per heavy atom. The fraction of sp³-hybridized carbons (Fsp3) is 0.455. The van der Waals surface area contributed by atoms with Crippen molar-refractivity contribution in [1.29, 1.82) is 0 Å². The summed E-state index contributed by atoms with van der Waals surface area (Å²) in [5, 5.41) is 8.35. The van der Waals surface area contributed by atoms with E-state index in [0.29, 0.717) is 6.54 Å². The molecule has 0 aliphatic heterocycles. The van der Waals surface area contributed by atoms with Crippen LogP contribution < -0.4 is 5.73 Å². The minimum Gasteiger partial charge on any atom is -0.326 e. The first-order chi connectivity index (χ1) is 7.02. The molecule has 0 spiro atoms. The second-order valence-electron chi connectivity index (χ2n) is 4.74. The monoisotopic (exact) mass is 204 g/mol. The van der Waals surface area contributed by atoms with E-state index >= 15 is 0 Å². The van der Waals surface area contributed by atoms with Gasteiger partial charge in [-0.05, 0) is 11.6 Å². The second-order valence-corrected chi connectivity index (χ2v) is 4.74. The number of nitrogens with zero attached hydrogens (tertiary/aromatic N) is 3. The lowest BCUT2D eigenvalue weighted by atomic mass is 9.96. The zero-order valence-corrected chi connectivity index (χ0v) is 9.36. The molecule has 0 amide bonds. The first kappa shape index (κ1) is 10.1. The third kappa shape index (κ3) is 1.72. The number of hydrogen-bond donors (Lipinski definition) is 1. The first-order valence-corrected chi connectivity index (χ1v) is 5.06. The minimum absolute atomic E-state index is 0.00730. The molecular formula is C11H16N4. The van der Waals surface area contributed by atoms with Crippen molar-refractivity contribution in [2.75, 3.05) is 0 Å². The van der Waals surface area contributed by atoms with E-state index in [1.807, 2.05) is 22.7 Å². The third-order valence-corrected chi connectivity index (χ3v) is 2.37. The maximum atomic E-state index is 5.61. The summed E-state index contributed by atoms with van der Waals surface area (Å²) in [5.41, 5.74) is 7.57. The topological polar surface area (TPSA) is 56.2 Å². The highest BCUT2D eigenvalue weighted by molar-refractivity contribution is 5.40. The summed E-state index contributed by atoms with van der Waals surface area (Å²) in [7, 11) is 0. The van der Waals surface area contributed by atoms with Crippen LogP contribution in [0.15, 0.2) is 18.3 Å². The van der Waals surface area contributed by atoms with Crippen LogP contribution in [0.5, 0.6) is 0 Å². The Labute approximate surface area is 89.1 Å². The van der Waals surface area contributed by atoms with Crippen molar-refractivity contribution in [3.8, 4) is 0 Å². The van der Waals surface area contributed by atoms with Crippen LogP contribution in [0.1, 0.15) is 32.2 Å². The van der Waals surface area contributed by atoms with Crippen molar-refractivity contribution in [2.24, 2.45) is 5.73 Å². The van der Waals surface area contributed by atoms with Crippen molar-refractivity contribution in [3.05, 3.63) is 29.7 Å². The Hall–Kier alpha value is -1.42. The standard InChI is InChI=1S/C11H16N4/c1-11(2,3)10-14-13-9-5-4-8(6-12)7-15(9)10/h4-5,7H,6,12H2,1-3H3. The Bertz CT molecular complexity index is 479. The molecule has 0 atom stereocenters. The van der Waals surface area contributed by atoms with Gasteiger partial charge in [-0.2, -0.15) is 0 Å². The number of fused-ring (bicyclic) bond motifs is 1. The molecule has 4 heteroatoms. The summed E-state index contributed by atoms with van der Waals surface area (Å²) < 4.78 is 2.02. The van der Waals surface area contributed by atoms with Crippen molar-refractivity contribution < 1.29 is 0 Å². The number of hydrogen-bond acceptors (Lipinski definition) is 3. The lowest BCUT2D eigenvalue weighted by Gasteiger charge is -2.15. The second kappa shape index (κ2) is 3.31. The molecule has 2 rings (SSSR count). The van der Waals surface area contributed by atoms with Crippen LogP contribution in [0, 0.1) is 0 Å². The quantitative estimate of drug-likeness (QED) is 0.765. The van der Waals surface area contributed by atoms with Gasteiger partial charge in [-0.25, -0.2) is 0 Å². The van der Waals surface area contributed by atoms with Gasteiger partial charge in [-0.3, -0.25) is 4.40 Å². The molecule has 2 N–H and O–H groups in total. The molecule has 80 valence electrons. The summed E-state index contributed by atoms with van der Waals surface area (Å²) in [6.45, 7) is 6.91. The zero-order chi connectivity index (χ0) is 11.1. The SMILES string of the molecule is CC(C)(C)c1nnc2ccc(CN)cn12. The van der Waals surface area contributed by atoms with Crippen LogP contribution in [0.2, 0.25) is 0 Å². The van der Waals surface area contributed by atoms with E-state index in [1.54, 1.807) is 0 Å². The molecule has 0 aromatic carbocycles. The largest absolute Gasteiger partial charge is 0.326 e. The van der Waals surface area contributed by atoms with Gasteiger partial charge >= 0.3 is 0 Å². The lowest BCUT2D eigenvalue weighted by molar-refractivity contribution is 0.538. The van der Waals surface area contributed by atoms with Crippen molar-refractivity contribution in [3.63, 3.8) is 0 Å². The summed E-state index contributed by atoms with van der Waals surface area (Å²) in [5.74, 6) is 0.966. The van der Waals surface area contributed by atoms with Crippen molar-refractivity contribution in [1.82, 2.24) is 14.6 Å². The number of pyridine rings is 1. The van der Waals surface area contributed by atoms with Gasteiger partial charge in [0, 0.05) is 18.2 Å². The molecule has 2 aromatic rings. The van der Waals surface area contributed by atoms with E-state index < -0.39 is 0 Å². The van der Waals surface area contributed by atoms with Gasteiger partial charge in [0.1, 0.15) is 5.82 Å². The molecule has 0 radical (unpaired) electrons. The van der Waals surface area contributed by atoms with Gasteiger partial charge in [-0.15, -0.1) is 10.2 Å². The maximum absolute atomic E-state index is 5.61. The van der Waals surface area contributed by atoms with Gasteiger partial charge < -0.3 is 5.73 Å². The molecule has 0 aliphatic carbocycles. The van der Waals surface area contributed by atoms with Crippen LogP contribution >= 0.6 is 0 Å². The molecule has 0 saturated carbocycles. The van der Waals surface area contributed by atoms with E-state index in [0.717, 1.165) is 17.0 Å². The third-order valence-electron chi connectivity index (χ3n) is 2.37. The van der Waals surface area contributed by atoms with Crippen molar-refractivity contribution >= 4 is 5.65 Å². The van der Waals surface area contributed by atoms with E-state index in [2.05, 4.69) is 31.0 Å². The summed E-state index contributed by atoms with van der Waals surface area (Å²) in [4.78, 5) is 0. The number of aromatic nitrogens is 3. The van der Waals surface area contributed by atoms with E-state index in [4.69, 9.17) is 5.73 Å². The van der Waals surface area contributed by atoms with E-state index in [1.165, 1.54) is 0 Å². The average molecular weight is 204 g/mol. The van der Waals surface area contributed by atoms with Gasteiger partial charge in [0.05, 0.1) is 0 Å². The van der Waals surface area contributed by atoms with Crippen LogP contribution in [-0.4, -0.2) is 14.6 Å². The lowest BCUT2D eigenvalue weighted by Crippen LogP contribution is -2.16. The molecule has 2 heterocycles. The predicted octanol–water partition coefficient (Wildman–Crippen LogP) is 1.49. The average Bonchev–Trinajstić information content (AvgIpc) is 2.59. The molecule has 2 aromatic heterocycles. The van der Waals surface area contributed by atoms with Gasteiger partial charge in [0.2, 0.25) is 0 Å².